The van der Waals surface area contributed by atoms with Crippen LogP contribution in [0.3, 0.4) is 0 Å². The van der Waals surface area contributed by atoms with Gasteiger partial charge >= 0.3 is 0 Å². The lowest BCUT2D eigenvalue weighted by Crippen LogP contribution is -2.15. The molecule has 1 heterocycles. The average Bonchev–Trinajstić information content (AvgIpc) is 2.93. The number of nitrogens with one attached hydrogen (secondary N) is 1. The number of aromatic nitrogens is 1. The van der Waals surface area contributed by atoms with Crippen molar-refractivity contribution in [3.05, 3.63) is 71.4 Å². The molecule has 3 aromatic rings. The Balaban J connectivity index is 1.80. The second-order valence-corrected chi connectivity index (χ2v) is 5.31. The summed E-state index contributed by atoms with van der Waals surface area (Å²) < 4.78 is 31.5. The number of hydrogen-bond donors (Lipinski definition) is 1. The molecule has 0 aliphatic heterocycles. The Morgan fingerprint density at radius 2 is 1.88 bits per heavy atom. The van der Waals surface area contributed by atoms with E-state index in [0.717, 1.165) is 17.7 Å². The van der Waals surface area contributed by atoms with Crippen molar-refractivity contribution in [1.82, 2.24) is 5.16 Å². The van der Waals surface area contributed by atoms with E-state index in [9.17, 15) is 13.6 Å². The molecule has 0 unspecified atom stereocenters. The largest absolute Gasteiger partial charge is 0.354 e. The first-order valence-electron chi connectivity index (χ1n) is 7.30. The summed E-state index contributed by atoms with van der Waals surface area (Å²) in [5.74, 6) is -1.84. The maximum Gasteiger partial charge on any atom is 0.228 e. The monoisotopic (exact) mass is 328 g/mol. The number of aryl methyl sites for hydroxylation is 1. The molecule has 1 N–H and O–H groups in total. The molecule has 1 aromatic heterocycles. The third-order valence-corrected chi connectivity index (χ3v) is 3.51. The lowest BCUT2D eigenvalue weighted by Gasteiger charge is -2.06. The Morgan fingerprint density at radius 1 is 1.12 bits per heavy atom. The quantitative estimate of drug-likeness (QED) is 0.784. The maximum atomic E-state index is 13.2. The predicted octanol–water partition coefficient (Wildman–Crippen LogP) is 4.11. The number of rotatable bonds is 4. The third kappa shape index (κ3) is 3.32. The number of benzene rings is 2. The lowest BCUT2D eigenvalue weighted by atomic mass is 10.1. The molecule has 6 heteroatoms. The highest BCUT2D eigenvalue weighted by atomic mass is 19.2. The Kier molecular flexibility index (Phi) is 4.37. The van der Waals surface area contributed by atoms with Crippen LogP contribution in [0.5, 0.6) is 0 Å². The van der Waals surface area contributed by atoms with Gasteiger partial charge in [0.1, 0.15) is 11.4 Å². The molecule has 2 aromatic carbocycles. The summed E-state index contributed by atoms with van der Waals surface area (Å²) >= 11 is 0. The van der Waals surface area contributed by atoms with Crippen molar-refractivity contribution < 1.29 is 18.1 Å². The van der Waals surface area contributed by atoms with Crippen LogP contribution in [0.2, 0.25) is 0 Å². The fourth-order valence-electron chi connectivity index (χ4n) is 2.32. The van der Waals surface area contributed by atoms with E-state index in [4.69, 9.17) is 4.52 Å². The highest BCUT2D eigenvalue weighted by Gasteiger charge is 2.17. The van der Waals surface area contributed by atoms with Crippen molar-refractivity contribution in [2.24, 2.45) is 0 Å². The number of nitrogens with zero attached hydrogens (tertiary/aromatic N) is 1. The molecule has 24 heavy (non-hydrogen) atoms. The highest BCUT2D eigenvalue weighted by Crippen LogP contribution is 2.30. The molecule has 4 nitrogen and oxygen atoms in total. The summed E-state index contributed by atoms with van der Waals surface area (Å²) in [6.07, 6.45) is -0.0873. The van der Waals surface area contributed by atoms with Gasteiger partial charge in [0.15, 0.2) is 17.4 Å². The van der Waals surface area contributed by atoms with Crippen LogP contribution in [0.25, 0.3) is 11.3 Å². The van der Waals surface area contributed by atoms with Crippen LogP contribution in [0.1, 0.15) is 11.3 Å². The van der Waals surface area contributed by atoms with Crippen molar-refractivity contribution in [3.63, 3.8) is 0 Å². The molecule has 3 rings (SSSR count). The molecule has 0 aliphatic rings. The zero-order valence-corrected chi connectivity index (χ0v) is 12.8. The fourth-order valence-corrected chi connectivity index (χ4v) is 2.32. The van der Waals surface area contributed by atoms with Gasteiger partial charge in [-0.25, -0.2) is 8.78 Å². The van der Waals surface area contributed by atoms with E-state index in [1.165, 1.54) is 6.07 Å². The van der Waals surface area contributed by atoms with Crippen LogP contribution in [-0.4, -0.2) is 11.1 Å². The molecule has 0 bridgehead atoms. The second kappa shape index (κ2) is 6.62. The summed E-state index contributed by atoms with van der Waals surface area (Å²) in [5.41, 5.74) is 2.16. The van der Waals surface area contributed by atoms with E-state index in [1.54, 1.807) is 6.92 Å². The van der Waals surface area contributed by atoms with E-state index in [-0.39, 0.29) is 12.3 Å². The van der Waals surface area contributed by atoms with Crippen molar-refractivity contribution in [3.8, 4) is 11.3 Å². The van der Waals surface area contributed by atoms with Gasteiger partial charge in [0.2, 0.25) is 5.91 Å². The van der Waals surface area contributed by atoms with E-state index < -0.39 is 11.6 Å². The Hall–Kier alpha value is -3.02. The van der Waals surface area contributed by atoms with Crippen molar-refractivity contribution in [1.29, 1.82) is 0 Å². The molecular formula is C18H14F2N2O2. The van der Waals surface area contributed by atoms with Crippen LogP contribution in [-0.2, 0) is 11.2 Å². The fraction of sp³-hybridized carbons (Fsp3) is 0.111. The Bertz CT molecular complexity index is 876. The number of carbonyl (C=O) groups excluding carboxylic acids is 1. The molecule has 0 radical (unpaired) electrons. The summed E-state index contributed by atoms with van der Waals surface area (Å²) in [6, 6.07) is 12.6. The highest BCUT2D eigenvalue weighted by molar-refractivity contribution is 5.96. The first kappa shape index (κ1) is 15.9. The van der Waals surface area contributed by atoms with Crippen molar-refractivity contribution in [2.45, 2.75) is 13.3 Å². The molecule has 0 atom stereocenters. The maximum absolute atomic E-state index is 13.2. The topological polar surface area (TPSA) is 55.1 Å². The van der Waals surface area contributed by atoms with Crippen LogP contribution in [0.4, 0.5) is 14.5 Å². The Labute approximate surface area is 137 Å². The van der Waals surface area contributed by atoms with E-state index in [0.29, 0.717) is 22.7 Å². The summed E-state index contributed by atoms with van der Waals surface area (Å²) in [6.45, 7) is 1.71. The lowest BCUT2D eigenvalue weighted by molar-refractivity contribution is -0.115. The van der Waals surface area contributed by atoms with Crippen molar-refractivity contribution >= 4 is 11.6 Å². The zero-order chi connectivity index (χ0) is 17.1. The summed E-state index contributed by atoms with van der Waals surface area (Å²) in [4.78, 5) is 12.2. The minimum absolute atomic E-state index is 0.0873. The molecule has 0 saturated heterocycles. The first-order chi connectivity index (χ1) is 11.5. The SMILES string of the molecule is Cc1noc(-c2ccccc2)c1NC(=O)Cc1ccc(F)c(F)c1. The summed E-state index contributed by atoms with van der Waals surface area (Å²) in [7, 11) is 0. The van der Waals surface area contributed by atoms with Crippen LogP contribution >= 0.6 is 0 Å². The second-order valence-electron chi connectivity index (χ2n) is 5.31. The van der Waals surface area contributed by atoms with Gasteiger partial charge in [-0.2, -0.15) is 0 Å². The van der Waals surface area contributed by atoms with Gasteiger partial charge in [0, 0.05) is 5.56 Å². The van der Waals surface area contributed by atoms with Gasteiger partial charge in [-0.05, 0) is 24.6 Å². The average molecular weight is 328 g/mol. The van der Waals surface area contributed by atoms with Gasteiger partial charge in [-0.15, -0.1) is 0 Å². The number of hydrogen-bond acceptors (Lipinski definition) is 3. The number of carbonyl (C=O) groups is 1. The van der Waals surface area contributed by atoms with Crippen molar-refractivity contribution in [2.75, 3.05) is 5.32 Å². The molecule has 122 valence electrons. The summed E-state index contributed by atoms with van der Waals surface area (Å²) in [5, 5.41) is 6.61. The molecule has 1 amide bonds. The number of amides is 1. The van der Waals surface area contributed by atoms with E-state index in [2.05, 4.69) is 10.5 Å². The number of anilines is 1. The van der Waals surface area contributed by atoms with Crippen LogP contribution < -0.4 is 5.32 Å². The minimum Gasteiger partial charge on any atom is -0.354 e. The number of halogens is 2. The predicted molar refractivity (Wildman–Crippen MR) is 85.4 cm³/mol. The smallest absolute Gasteiger partial charge is 0.228 e. The minimum atomic E-state index is -0.980. The zero-order valence-electron chi connectivity index (χ0n) is 12.8. The molecular weight excluding hydrogens is 314 g/mol. The normalized spacial score (nSPS) is 10.6. The van der Waals surface area contributed by atoms with Crippen LogP contribution in [0, 0.1) is 18.6 Å². The first-order valence-corrected chi connectivity index (χ1v) is 7.30. The standard InChI is InChI=1S/C18H14F2N2O2/c1-11-17(18(24-22-11)13-5-3-2-4-6-13)21-16(23)10-12-7-8-14(19)15(20)9-12/h2-9H,10H2,1H3,(H,21,23). The molecule has 0 spiro atoms. The van der Waals surface area contributed by atoms with E-state index >= 15 is 0 Å². The van der Waals surface area contributed by atoms with Gasteiger partial charge in [-0.3, -0.25) is 4.79 Å². The van der Waals surface area contributed by atoms with Crippen LogP contribution in [0.15, 0.2) is 53.1 Å². The van der Waals surface area contributed by atoms with E-state index in [1.807, 2.05) is 30.3 Å². The third-order valence-electron chi connectivity index (χ3n) is 3.51. The molecule has 0 aliphatic carbocycles. The molecule has 0 saturated carbocycles. The van der Waals surface area contributed by atoms with Gasteiger partial charge < -0.3 is 9.84 Å². The Morgan fingerprint density at radius 3 is 2.58 bits per heavy atom. The van der Waals surface area contributed by atoms with Gasteiger partial charge in [0.05, 0.1) is 6.42 Å². The molecule has 0 fully saturated rings. The van der Waals surface area contributed by atoms with Gasteiger partial charge in [-0.1, -0.05) is 41.6 Å². The van der Waals surface area contributed by atoms with Gasteiger partial charge in [0.25, 0.3) is 0 Å².